The quantitative estimate of drug-likeness (QED) is 0.318. The van der Waals surface area contributed by atoms with E-state index in [1.54, 1.807) is 18.3 Å². The Kier molecular flexibility index (Phi) is 5.94. The van der Waals surface area contributed by atoms with Crippen LogP contribution in [0.1, 0.15) is 18.9 Å². The van der Waals surface area contributed by atoms with Gasteiger partial charge in [0, 0.05) is 23.5 Å². The number of fused-ring (bicyclic) bond motifs is 2. The molecule has 1 aromatic heterocycles. The molecule has 0 amide bonds. The lowest BCUT2D eigenvalue weighted by atomic mass is 10.1. The molecule has 0 radical (unpaired) electrons. The van der Waals surface area contributed by atoms with E-state index in [1.165, 1.54) is 0 Å². The normalized spacial score (nSPS) is 11.6. The smallest absolute Gasteiger partial charge is 0.148 e. The van der Waals surface area contributed by atoms with E-state index in [0.717, 1.165) is 45.6 Å². The van der Waals surface area contributed by atoms with Crippen molar-refractivity contribution < 1.29 is 0 Å². The van der Waals surface area contributed by atoms with E-state index in [-0.39, 0.29) is 0 Å². The van der Waals surface area contributed by atoms with Crippen molar-refractivity contribution in [3.05, 3.63) is 94.9 Å². The van der Waals surface area contributed by atoms with Gasteiger partial charge >= 0.3 is 0 Å². The van der Waals surface area contributed by atoms with Crippen molar-refractivity contribution in [2.75, 3.05) is 11.9 Å². The summed E-state index contributed by atoms with van der Waals surface area (Å²) in [5, 5.41) is 14.3. The number of para-hydroxylation sites is 2. The third kappa shape index (κ3) is 4.09. The largest absolute Gasteiger partial charge is 0.337 e. The van der Waals surface area contributed by atoms with Crippen molar-refractivity contribution in [3.8, 4) is 23.1 Å². The monoisotopic (exact) mass is 464 g/mol. The summed E-state index contributed by atoms with van der Waals surface area (Å²) in [7, 11) is 0. The van der Waals surface area contributed by atoms with E-state index in [1.807, 2.05) is 54.6 Å². The highest BCUT2D eigenvalue weighted by molar-refractivity contribution is 6.30. The van der Waals surface area contributed by atoms with Gasteiger partial charge in [-0.1, -0.05) is 30.7 Å². The summed E-state index contributed by atoms with van der Waals surface area (Å²) in [6.07, 6.45) is 2.57. The van der Waals surface area contributed by atoms with E-state index in [0.29, 0.717) is 22.9 Å². The van der Waals surface area contributed by atoms with Crippen LogP contribution >= 0.6 is 11.6 Å². The Morgan fingerprint density at radius 2 is 1.88 bits per heavy atom. The number of halogens is 1. The molecule has 2 aliphatic rings. The van der Waals surface area contributed by atoms with Gasteiger partial charge in [-0.05, 0) is 67.1 Å². The molecule has 3 aromatic rings. The summed E-state index contributed by atoms with van der Waals surface area (Å²) in [6, 6.07) is 25.5. The molecule has 1 aliphatic heterocycles. The minimum Gasteiger partial charge on any atom is -0.337 e. The fourth-order valence-corrected chi connectivity index (χ4v) is 4.02. The van der Waals surface area contributed by atoms with Crippen molar-refractivity contribution in [2.45, 2.75) is 13.3 Å². The van der Waals surface area contributed by atoms with Crippen molar-refractivity contribution in [3.63, 3.8) is 0 Å². The molecule has 2 aromatic carbocycles. The van der Waals surface area contributed by atoms with E-state index >= 15 is 0 Å². The SMILES string of the molecule is CCCN=c1cc2n(-c3ccc(Cl)cc3)c3ccccc3nc-2cc1Nc1ncccc1C#N. The Bertz CT molecular complexity index is 1560. The first kappa shape index (κ1) is 21.6. The van der Waals surface area contributed by atoms with E-state index in [4.69, 9.17) is 21.6 Å². The number of anilines is 2. The van der Waals surface area contributed by atoms with Crippen LogP contribution in [0.15, 0.2) is 84.0 Å². The summed E-state index contributed by atoms with van der Waals surface area (Å²) < 4.78 is 2.17. The number of nitrogens with one attached hydrogen (secondary N) is 1. The second-order valence-corrected chi connectivity index (χ2v) is 8.22. The average Bonchev–Trinajstić information content (AvgIpc) is 2.87. The van der Waals surface area contributed by atoms with Crippen LogP contribution in [0, 0.1) is 11.3 Å². The molecular formula is C27H21ClN6. The molecule has 7 heteroatoms. The number of nitrogens with zero attached hydrogens (tertiary/aromatic N) is 5. The van der Waals surface area contributed by atoms with Gasteiger partial charge in [-0.15, -0.1) is 0 Å². The van der Waals surface area contributed by atoms with Gasteiger partial charge in [-0.2, -0.15) is 5.26 Å². The predicted molar refractivity (Wildman–Crippen MR) is 136 cm³/mol. The van der Waals surface area contributed by atoms with Gasteiger partial charge < -0.3 is 9.88 Å². The highest BCUT2D eigenvalue weighted by Crippen LogP contribution is 2.30. The second kappa shape index (κ2) is 9.34. The Morgan fingerprint density at radius 3 is 2.68 bits per heavy atom. The fraction of sp³-hybridized carbons (Fsp3) is 0.111. The number of benzene rings is 3. The van der Waals surface area contributed by atoms with Crippen LogP contribution in [0.3, 0.4) is 0 Å². The fourth-order valence-electron chi connectivity index (χ4n) is 3.90. The van der Waals surface area contributed by atoms with E-state index < -0.39 is 0 Å². The Hall–Kier alpha value is -4.21. The molecule has 0 saturated carbocycles. The highest BCUT2D eigenvalue weighted by atomic mass is 35.5. The van der Waals surface area contributed by atoms with Gasteiger partial charge in [0.2, 0.25) is 0 Å². The maximum Gasteiger partial charge on any atom is 0.148 e. The number of aromatic nitrogens is 3. The molecule has 0 atom stereocenters. The number of hydrogen-bond donors (Lipinski definition) is 1. The van der Waals surface area contributed by atoms with Crippen LogP contribution in [0.25, 0.3) is 28.1 Å². The molecule has 5 rings (SSSR count). The lowest BCUT2D eigenvalue weighted by Crippen LogP contribution is -2.16. The van der Waals surface area contributed by atoms with Crippen molar-refractivity contribution >= 4 is 34.1 Å². The van der Waals surface area contributed by atoms with E-state index in [9.17, 15) is 5.26 Å². The molecule has 0 saturated heterocycles. The topological polar surface area (TPSA) is 78.9 Å². The molecule has 1 N–H and O–H groups in total. The van der Waals surface area contributed by atoms with Crippen LogP contribution in [-0.4, -0.2) is 21.1 Å². The molecule has 0 unspecified atom stereocenters. The van der Waals surface area contributed by atoms with Crippen LogP contribution in [0.4, 0.5) is 11.5 Å². The minimum atomic E-state index is 0.465. The summed E-state index contributed by atoms with van der Waals surface area (Å²) in [6.45, 7) is 2.77. The average molecular weight is 465 g/mol. The number of rotatable bonds is 5. The number of nitriles is 1. The predicted octanol–water partition coefficient (Wildman–Crippen LogP) is 6.10. The molecule has 0 fully saturated rings. The summed E-state index contributed by atoms with van der Waals surface area (Å²) >= 11 is 6.17. The molecule has 34 heavy (non-hydrogen) atoms. The molecule has 1 aliphatic carbocycles. The minimum absolute atomic E-state index is 0.465. The Morgan fingerprint density at radius 1 is 1.06 bits per heavy atom. The number of pyridine rings is 1. The maximum absolute atomic E-state index is 9.50. The van der Waals surface area contributed by atoms with Crippen LogP contribution in [-0.2, 0) is 0 Å². The molecule has 166 valence electrons. The van der Waals surface area contributed by atoms with Gasteiger partial charge in [0.25, 0.3) is 0 Å². The summed E-state index contributed by atoms with van der Waals surface area (Å²) in [5.41, 5.74) is 5.75. The first-order valence-corrected chi connectivity index (χ1v) is 11.4. The highest BCUT2D eigenvalue weighted by Gasteiger charge is 2.17. The lowest BCUT2D eigenvalue weighted by Gasteiger charge is -2.20. The first-order valence-electron chi connectivity index (χ1n) is 11.0. The van der Waals surface area contributed by atoms with Crippen molar-refractivity contribution in [2.24, 2.45) is 4.99 Å². The van der Waals surface area contributed by atoms with Gasteiger partial charge in [0.1, 0.15) is 11.9 Å². The van der Waals surface area contributed by atoms with Gasteiger partial charge in [-0.25, -0.2) is 9.97 Å². The zero-order valence-corrected chi connectivity index (χ0v) is 19.3. The zero-order chi connectivity index (χ0) is 23.5. The summed E-state index contributed by atoms with van der Waals surface area (Å²) in [4.78, 5) is 14.1. The van der Waals surface area contributed by atoms with Crippen LogP contribution < -0.4 is 10.7 Å². The maximum atomic E-state index is 9.50. The van der Waals surface area contributed by atoms with Gasteiger partial charge in [0.05, 0.1) is 39.0 Å². The number of hydrogen-bond acceptors (Lipinski definition) is 5. The molecular weight excluding hydrogens is 444 g/mol. The Labute approximate surface area is 202 Å². The zero-order valence-electron chi connectivity index (χ0n) is 18.5. The van der Waals surface area contributed by atoms with E-state index in [2.05, 4.69) is 33.9 Å². The lowest BCUT2D eigenvalue weighted by molar-refractivity contribution is 0.903. The van der Waals surface area contributed by atoms with Crippen LogP contribution in [0.2, 0.25) is 5.02 Å². The third-order valence-electron chi connectivity index (χ3n) is 5.47. The van der Waals surface area contributed by atoms with Crippen molar-refractivity contribution in [1.82, 2.24) is 14.5 Å². The molecule has 0 spiro atoms. The Balaban J connectivity index is 1.80. The molecule has 2 heterocycles. The summed E-state index contributed by atoms with van der Waals surface area (Å²) in [5.74, 6) is 0.490. The third-order valence-corrected chi connectivity index (χ3v) is 5.72. The second-order valence-electron chi connectivity index (χ2n) is 7.79. The molecule has 6 nitrogen and oxygen atoms in total. The standard InChI is InChI=1S/C27H21ClN6/c1-2-13-30-22-16-26-24(15-23(22)33-27-18(17-29)6-5-14-31-27)32-21-7-3-4-8-25(21)34(26)20-11-9-19(28)10-12-20/h3-12,14-16H,2,13H2,1H3,(H,31,33). The van der Waals surface area contributed by atoms with Crippen molar-refractivity contribution in [1.29, 1.82) is 5.26 Å². The van der Waals surface area contributed by atoms with Crippen LogP contribution in [0.5, 0.6) is 0 Å². The van der Waals surface area contributed by atoms with Gasteiger partial charge in [-0.3, -0.25) is 4.99 Å². The van der Waals surface area contributed by atoms with Gasteiger partial charge in [0.15, 0.2) is 0 Å². The molecule has 0 bridgehead atoms. The first-order chi connectivity index (χ1) is 16.7.